The number of anilines is 1. The van der Waals surface area contributed by atoms with Crippen molar-refractivity contribution >= 4 is 17.6 Å². The van der Waals surface area contributed by atoms with Gasteiger partial charge in [0.05, 0.1) is 17.7 Å². The molecule has 0 atom stereocenters. The summed E-state index contributed by atoms with van der Waals surface area (Å²) < 4.78 is 5.69. The number of nitrogens with one attached hydrogen (secondary N) is 1. The Morgan fingerprint density at radius 2 is 2.00 bits per heavy atom. The zero-order chi connectivity index (χ0) is 16.2. The first-order valence-corrected chi connectivity index (χ1v) is 7.68. The van der Waals surface area contributed by atoms with Gasteiger partial charge in [-0.25, -0.2) is 0 Å². The van der Waals surface area contributed by atoms with Gasteiger partial charge in [0.15, 0.2) is 0 Å². The van der Waals surface area contributed by atoms with Crippen LogP contribution in [0.1, 0.15) is 39.5 Å². The summed E-state index contributed by atoms with van der Waals surface area (Å²) in [6.45, 7) is 4.66. The summed E-state index contributed by atoms with van der Waals surface area (Å²) in [5, 5.41) is 12.1. The monoisotopic (exact) mass is 305 g/mol. The fourth-order valence-electron chi connectivity index (χ4n) is 2.52. The van der Waals surface area contributed by atoms with Gasteiger partial charge in [-0.3, -0.25) is 9.59 Å². The third-order valence-corrected chi connectivity index (χ3v) is 4.00. The van der Waals surface area contributed by atoms with Crippen LogP contribution in [0.15, 0.2) is 24.3 Å². The summed E-state index contributed by atoms with van der Waals surface area (Å²) >= 11 is 0. The SMILES string of the molecule is CC(C)COc1ccccc1NC(=O)CC1(C(=O)O)CCC1. The maximum absolute atomic E-state index is 12.2. The maximum atomic E-state index is 12.2. The normalized spacial score (nSPS) is 16.0. The van der Waals surface area contributed by atoms with Crippen molar-refractivity contribution in [2.45, 2.75) is 39.5 Å². The number of amides is 1. The van der Waals surface area contributed by atoms with Gasteiger partial charge in [0.2, 0.25) is 5.91 Å². The number of aliphatic carboxylic acids is 1. The number of ether oxygens (including phenoxy) is 1. The number of hydrogen-bond donors (Lipinski definition) is 2. The minimum Gasteiger partial charge on any atom is -0.491 e. The Labute approximate surface area is 130 Å². The summed E-state index contributed by atoms with van der Waals surface area (Å²) in [6, 6.07) is 7.22. The van der Waals surface area contributed by atoms with Crippen LogP contribution in [0.4, 0.5) is 5.69 Å². The zero-order valence-corrected chi connectivity index (χ0v) is 13.1. The smallest absolute Gasteiger partial charge is 0.310 e. The van der Waals surface area contributed by atoms with Crippen LogP contribution in [0.3, 0.4) is 0 Å². The highest BCUT2D eigenvalue weighted by molar-refractivity contribution is 5.95. The summed E-state index contributed by atoms with van der Waals surface area (Å²) in [7, 11) is 0. The molecule has 5 heteroatoms. The lowest BCUT2D eigenvalue weighted by atomic mass is 9.66. The molecule has 1 aliphatic rings. The third kappa shape index (κ3) is 3.78. The molecule has 1 aromatic rings. The molecule has 22 heavy (non-hydrogen) atoms. The van der Waals surface area contributed by atoms with Gasteiger partial charge in [0.25, 0.3) is 0 Å². The van der Waals surface area contributed by atoms with Crippen LogP contribution in [-0.2, 0) is 9.59 Å². The van der Waals surface area contributed by atoms with Crippen LogP contribution in [0.2, 0.25) is 0 Å². The van der Waals surface area contributed by atoms with Crippen molar-refractivity contribution in [1.82, 2.24) is 0 Å². The first-order valence-electron chi connectivity index (χ1n) is 7.68. The average Bonchev–Trinajstić information content (AvgIpc) is 2.41. The van der Waals surface area contributed by atoms with Gasteiger partial charge in [-0.15, -0.1) is 0 Å². The molecular weight excluding hydrogens is 282 g/mol. The second-order valence-corrected chi connectivity index (χ2v) is 6.36. The molecule has 2 rings (SSSR count). The number of carboxylic acids is 1. The Bertz CT molecular complexity index is 549. The van der Waals surface area contributed by atoms with E-state index in [-0.39, 0.29) is 12.3 Å². The Morgan fingerprint density at radius 1 is 1.32 bits per heavy atom. The first kappa shape index (κ1) is 16.3. The molecule has 1 fully saturated rings. The van der Waals surface area contributed by atoms with Gasteiger partial charge in [-0.05, 0) is 30.9 Å². The highest BCUT2D eigenvalue weighted by Gasteiger charge is 2.45. The van der Waals surface area contributed by atoms with E-state index in [1.165, 1.54) is 0 Å². The van der Waals surface area contributed by atoms with Crippen LogP contribution in [0.25, 0.3) is 0 Å². The van der Waals surface area contributed by atoms with Gasteiger partial charge in [-0.1, -0.05) is 32.4 Å². The summed E-state index contributed by atoms with van der Waals surface area (Å²) in [4.78, 5) is 23.5. The van der Waals surface area contributed by atoms with Crippen molar-refractivity contribution in [3.63, 3.8) is 0 Å². The zero-order valence-electron chi connectivity index (χ0n) is 13.1. The molecule has 1 saturated carbocycles. The average molecular weight is 305 g/mol. The van der Waals surface area contributed by atoms with Crippen molar-refractivity contribution < 1.29 is 19.4 Å². The second-order valence-electron chi connectivity index (χ2n) is 6.36. The first-order chi connectivity index (χ1) is 10.4. The Morgan fingerprint density at radius 3 is 2.55 bits per heavy atom. The third-order valence-electron chi connectivity index (χ3n) is 4.00. The quantitative estimate of drug-likeness (QED) is 0.810. The highest BCUT2D eigenvalue weighted by atomic mass is 16.5. The van der Waals surface area contributed by atoms with Gasteiger partial charge in [-0.2, -0.15) is 0 Å². The summed E-state index contributed by atoms with van der Waals surface area (Å²) in [6.07, 6.45) is 2.02. The molecular formula is C17H23NO4. The summed E-state index contributed by atoms with van der Waals surface area (Å²) in [5.41, 5.74) is -0.286. The lowest BCUT2D eigenvalue weighted by Gasteiger charge is -2.36. The van der Waals surface area contributed by atoms with E-state index in [1.54, 1.807) is 12.1 Å². The topological polar surface area (TPSA) is 75.6 Å². The number of carbonyl (C=O) groups is 2. The minimum atomic E-state index is -0.877. The predicted molar refractivity (Wildman–Crippen MR) is 83.9 cm³/mol. The van der Waals surface area contributed by atoms with E-state index < -0.39 is 11.4 Å². The Hall–Kier alpha value is -2.04. The van der Waals surface area contributed by atoms with Crippen LogP contribution >= 0.6 is 0 Å². The molecule has 0 spiro atoms. The van der Waals surface area contributed by atoms with Crippen molar-refractivity contribution in [2.24, 2.45) is 11.3 Å². The van der Waals surface area contributed by atoms with Crippen LogP contribution in [0.5, 0.6) is 5.75 Å². The molecule has 1 aliphatic carbocycles. The summed E-state index contributed by atoms with van der Waals surface area (Å²) in [5.74, 6) is -0.155. The van der Waals surface area contributed by atoms with E-state index >= 15 is 0 Å². The molecule has 0 aromatic heterocycles. The van der Waals surface area contributed by atoms with E-state index in [2.05, 4.69) is 19.2 Å². The lowest BCUT2D eigenvalue weighted by Crippen LogP contribution is -2.41. The highest BCUT2D eigenvalue weighted by Crippen LogP contribution is 2.44. The molecule has 0 radical (unpaired) electrons. The van der Waals surface area contributed by atoms with Crippen molar-refractivity contribution in [2.75, 3.05) is 11.9 Å². The number of carbonyl (C=O) groups excluding carboxylic acids is 1. The predicted octanol–water partition coefficient (Wildman–Crippen LogP) is 3.30. The number of rotatable bonds is 7. The lowest BCUT2D eigenvalue weighted by molar-refractivity contribution is -0.157. The second kappa shape index (κ2) is 6.81. The fourth-order valence-corrected chi connectivity index (χ4v) is 2.52. The number of carboxylic acid groups (broad SMARTS) is 1. The molecule has 1 amide bonds. The minimum absolute atomic E-state index is 0.0147. The van der Waals surface area contributed by atoms with E-state index in [0.29, 0.717) is 36.8 Å². The number of para-hydroxylation sites is 2. The maximum Gasteiger partial charge on any atom is 0.310 e. The van der Waals surface area contributed by atoms with E-state index in [4.69, 9.17) is 4.74 Å². The Balaban J connectivity index is 2.01. The molecule has 120 valence electrons. The fraction of sp³-hybridized carbons (Fsp3) is 0.529. The molecule has 5 nitrogen and oxygen atoms in total. The molecule has 0 saturated heterocycles. The van der Waals surface area contributed by atoms with Gasteiger partial charge < -0.3 is 15.2 Å². The molecule has 0 bridgehead atoms. The van der Waals surface area contributed by atoms with Crippen molar-refractivity contribution in [3.05, 3.63) is 24.3 Å². The molecule has 0 heterocycles. The molecule has 1 aromatic carbocycles. The molecule has 0 unspecified atom stereocenters. The van der Waals surface area contributed by atoms with Crippen LogP contribution in [0, 0.1) is 11.3 Å². The Kier molecular flexibility index (Phi) is 5.06. The number of benzene rings is 1. The van der Waals surface area contributed by atoms with E-state index in [0.717, 1.165) is 6.42 Å². The van der Waals surface area contributed by atoms with E-state index in [1.807, 2.05) is 12.1 Å². The molecule has 0 aliphatic heterocycles. The van der Waals surface area contributed by atoms with Gasteiger partial charge in [0, 0.05) is 6.42 Å². The van der Waals surface area contributed by atoms with Crippen molar-refractivity contribution in [1.29, 1.82) is 0 Å². The van der Waals surface area contributed by atoms with Gasteiger partial charge in [0.1, 0.15) is 5.75 Å². The van der Waals surface area contributed by atoms with E-state index in [9.17, 15) is 14.7 Å². The van der Waals surface area contributed by atoms with Crippen LogP contribution < -0.4 is 10.1 Å². The van der Waals surface area contributed by atoms with Crippen molar-refractivity contribution in [3.8, 4) is 5.75 Å². The molecule has 2 N–H and O–H groups in total. The standard InChI is InChI=1S/C17H23NO4/c1-12(2)11-22-14-7-4-3-6-13(14)18-15(19)10-17(16(20)21)8-5-9-17/h3-4,6-7,12H,5,8-11H2,1-2H3,(H,18,19)(H,20,21). The largest absolute Gasteiger partial charge is 0.491 e. The number of hydrogen-bond acceptors (Lipinski definition) is 3. The van der Waals surface area contributed by atoms with Crippen LogP contribution in [-0.4, -0.2) is 23.6 Å². The van der Waals surface area contributed by atoms with Gasteiger partial charge >= 0.3 is 5.97 Å².